The summed E-state index contributed by atoms with van der Waals surface area (Å²) >= 11 is 0. The fraction of sp³-hybridized carbons (Fsp3) is 0.333. The number of aliphatic hydroxyl groups excluding tert-OH is 1. The molecule has 3 N–H and O–H groups in total. The smallest absolute Gasteiger partial charge is 0.243 e. The number of aromatic nitrogens is 2. The lowest BCUT2D eigenvalue weighted by molar-refractivity contribution is 0.259. The molecule has 0 fully saturated rings. The molecule has 0 spiro atoms. The van der Waals surface area contributed by atoms with Crippen molar-refractivity contribution >= 4 is 0 Å². The van der Waals surface area contributed by atoms with Gasteiger partial charge in [-0.05, 0) is 18.1 Å². The quantitative estimate of drug-likeness (QED) is 0.855. The highest BCUT2D eigenvalue weighted by Crippen LogP contribution is 2.15. The fourth-order valence-electron chi connectivity index (χ4n) is 1.59. The molecule has 2 rings (SSSR count). The van der Waals surface area contributed by atoms with Crippen molar-refractivity contribution in [2.75, 3.05) is 6.61 Å². The average molecular weight is 269 g/mol. The van der Waals surface area contributed by atoms with Crippen molar-refractivity contribution < 1.29 is 18.4 Å². The summed E-state index contributed by atoms with van der Waals surface area (Å²) in [5.74, 6) is -0.855. The van der Waals surface area contributed by atoms with Gasteiger partial charge in [0.2, 0.25) is 5.89 Å². The highest BCUT2D eigenvalue weighted by molar-refractivity contribution is 5.21. The van der Waals surface area contributed by atoms with Gasteiger partial charge in [0.15, 0.2) is 5.82 Å². The number of halogens is 2. The third-order valence-corrected chi connectivity index (χ3v) is 2.60. The van der Waals surface area contributed by atoms with E-state index in [-0.39, 0.29) is 30.3 Å². The molecular weight excluding hydrogens is 256 g/mol. The predicted molar refractivity (Wildman–Crippen MR) is 62.1 cm³/mol. The molecule has 1 aromatic heterocycles. The van der Waals surface area contributed by atoms with Gasteiger partial charge in [-0.25, -0.2) is 8.78 Å². The summed E-state index contributed by atoms with van der Waals surface area (Å²) < 4.78 is 31.1. The van der Waals surface area contributed by atoms with Gasteiger partial charge in [0.25, 0.3) is 0 Å². The number of aliphatic hydroxyl groups is 1. The van der Waals surface area contributed by atoms with E-state index in [1.54, 1.807) is 0 Å². The van der Waals surface area contributed by atoms with Gasteiger partial charge in [0, 0.05) is 19.1 Å². The summed E-state index contributed by atoms with van der Waals surface area (Å²) in [5, 5.41) is 12.4. The molecule has 102 valence electrons. The number of rotatable bonds is 5. The minimum absolute atomic E-state index is 0.0848. The predicted octanol–water partition coefficient (Wildman–Crippen LogP) is 1.32. The Labute approximate surface area is 108 Å². The summed E-state index contributed by atoms with van der Waals surface area (Å²) in [5.41, 5.74) is 5.95. The first-order chi connectivity index (χ1) is 9.10. The number of hydrogen-bond donors (Lipinski definition) is 2. The molecule has 19 heavy (non-hydrogen) atoms. The maximum Gasteiger partial charge on any atom is 0.243 e. The van der Waals surface area contributed by atoms with Crippen molar-refractivity contribution in [2.45, 2.75) is 18.9 Å². The van der Waals surface area contributed by atoms with E-state index in [1.807, 2.05) is 0 Å². The van der Waals surface area contributed by atoms with Crippen LogP contribution in [0.15, 0.2) is 22.7 Å². The molecule has 0 saturated carbocycles. The molecule has 1 unspecified atom stereocenters. The minimum atomic E-state index is -0.661. The van der Waals surface area contributed by atoms with Crippen LogP contribution in [0.2, 0.25) is 0 Å². The van der Waals surface area contributed by atoms with E-state index in [1.165, 1.54) is 6.07 Å². The maximum atomic E-state index is 13.4. The molecular formula is C12H13F2N3O2. The summed E-state index contributed by atoms with van der Waals surface area (Å²) in [6, 6.07) is 2.74. The Morgan fingerprint density at radius 2 is 2.16 bits per heavy atom. The second kappa shape index (κ2) is 5.85. The fourth-order valence-corrected chi connectivity index (χ4v) is 1.59. The molecule has 0 bridgehead atoms. The molecule has 0 amide bonds. The van der Waals surface area contributed by atoms with Crippen LogP contribution in [-0.2, 0) is 6.42 Å². The molecule has 1 atom stereocenters. The van der Waals surface area contributed by atoms with Gasteiger partial charge < -0.3 is 15.4 Å². The summed E-state index contributed by atoms with van der Waals surface area (Å²) in [4.78, 5) is 4.01. The van der Waals surface area contributed by atoms with Crippen LogP contribution in [0.1, 0.15) is 29.7 Å². The maximum absolute atomic E-state index is 13.4. The van der Waals surface area contributed by atoms with Gasteiger partial charge in [-0.15, -0.1) is 0 Å². The van der Waals surface area contributed by atoms with Crippen molar-refractivity contribution in [1.29, 1.82) is 0 Å². The molecule has 5 nitrogen and oxygen atoms in total. The van der Waals surface area contributed by atoms with E-state index >= 15 is 0 Å². The number of nitrogens with zero attached hydrogens (tertiary/aromatic N) is 2. The second-order valence-electron chi connectivity index (χ2n) is 4.08. The van der Waals surface area contributed by atoms with Crippen LogP contribution in [0.25, 0.3) is 0 Å². The molecule has 0 saturated heterocycles. The van der Waals surface area contributed by atoms with Crippen LogP contribution in [0.5, 0.6) is 0 Å². The van der Waals surface area contributed by atoms with E-state index in [0.29, 0.717) is 6.42 Å². The van der Waals surface area contributed by atoms with E-state index in [2.05, 4.69) is 10.1 Å². The van der Waals surface area contributed by atoms with Crippen LogP contribution >= 0.6 is 0 Å². The van der Waals surface area contributed by atoms with Crippen molar-refractivity contribution in [3.63, 3.8) is 0 Å². The highest BCUT2D eigenvalue weighted by Gasteiger charge is 2.15. The zero-order chi connectivity index (χ0) is 13.8. The molecule has 1 heterocycles. The minimum Gasteiger partial charge on any atom is -0.396 e. The largest absolute Gasteiger partial charge is 0.396 e. The van der Waals surface area contributed by atoms with Gasteiger partial charge >= 0.3 is 0 Å². The van der Waals surface area contributed by atoms with Crippen LogP contribution in [-0.4, -0.2) is 21.9 Å². The van der Waals surface area contributed by atoms with Crippen LogP contribution < -0.4 is 5.73 Å². The molecule has 0 radical (unpaired) electrons. The normalized spacial score (nSPS) is 12.6. The number of hydrogen-bond acceptors (Lipinski definition) is 5. The summed E-state index contributed by atoms with van der Waals surface area (Å²) in [6.45, 7) is -0.0918. The standard InChI is InChI=1S/C12H13F2N3O2/c13-8-2-1-7(9(14)6-8)5-11-16-12(19-17-11)10(15)3-4-18/h1-2,6,10,18H,3-5,15H2. The molecule has 7 heteroatoms. The first-order valence-corrected chi connectivity index (χ1v) is 5.73. The van der Waals surface area contributed by atoms with Crippen LogP contribution in [0.3, 0.4) is 0 Å². The van der Waals surface area contributed by atoms with Gasteiger partial charge in [-0.2, -0.15) is 4.98 Å². The zero-order valence-electron chi connectivity index (χ0n) is 10.0. The van der Waals surface area contributed by atoms with E-state index in [4.69, 9.17) is 15.4 Å². The lowest BCUT2D eigenvalue weighted by Crippen LogP contribution is -2.12. The van der Waals surface area contributed by atoms with Crippen molar-refractivity contribution in [3.05, 3.63) is 47.1 Å². The molecule has 2 aromatic rings. The SMILES string of the molecule is NC(CCO)c1nc(Cc2ccc(F)cc2F)no1. The van der Waals surface area contributed by atoms with E-state index < -0.39 is 17.7 Å². The van der Waals surface area contributed by atoms with Gasteiger partial charge in [0.1, 0.15) is 11.6 Å². The number of nitrogens with two attached hydrogens (primary N) is 1. The lowest BCUT2D eigenvalue weighted by atomic mass is 10.1. The highest BCUT2D eigenvalue weighted by atomic mass is 19.1. The first-order valence-electron chi connectivity index (χ1n) is 5.73. The Kier molecular flexibility index (Phi) is 4.18. The van der Waals surface area contributed by atoms with E-state index in [0.717, 1.165) is 12.1 Å². The molecule has 0 aliphatic carbocycles. The van der Waals surface area contributed by atoms with Crippen LogP contribution in [0, 0.1) is 11.6 Å². The van der Waals surface area contributed by atoms with Crippen LogP contribution in [0.4, 0.5) is 8.78 Å². The van der Waals surface area contributed by atoms with Gasteiger partial charge in [0.05, 0.1) is 6.04 Å². The summed E-state index contributed by atoms with van der Waals surface area (Å²) in [7, 11) is 0. The third-order valence-electron chi connectivity index (χ3n) is 2.60. The lowest BCUT2D eigenvalue weighted by Gasteiger charge is -2.02. The molecule has 0 aliphatic heterocycles. The van der Waals surface area contributed by atoms with Gasteiger partial charge in [-0.1, -0.05) is 11.2 Å². The van der Waals surface area contributed by atoms with Crippen molar-refractivity contribution in [3.8, 4) is 0 Å². The Hall–Kier alpha value is -1.86. The Bertz CT molecular complexity index is 560. The summed E-state index contributed by atoms with van der Waals surface area (Å²) in [6.07, 6.45) is 0.383. The number of benzene rings is 1. The monoisotopic (exact) mass is 269 g/mol. The molecule has 1 aromatic carbocycles. The Balaban J connectivity index is 2.11. The topological polar surface area (TPSA) is 85.2 Å². The zero-order valence-corrected chi connectivity index (χ0v) is 10.0. The first kappa shape index (κ1) is 13.6. The average Bonchev–Trinajstić information content (AvgIpc) is 2.82. The molecule has 0 aliphatic rings. The second-order valence-corrected chi connectivity index (χ2v) is 4.08. The van der Waals surface area contributed by atoms with E-state index in [9.17, 15) is 8.78 Å². The Morgan fingerprint density at radius 3 is 2.84 bits per heavy atom. The third kappa shape index (κ3) is 3.33. The van der Waals surface area contributed by atoms with Gasteiger partial charge in [-0.3, -0.25) is 0 Å². The van der Waals surface area contributed by atoms with Crippen molar-refractivity contribution in [1.82, 2.24) is 10.1 Å². The Morgan fingerprint density at radius 1 is 1.37 bits per heavy atom. The van der Waals surface area contributed by atoms with Crippen molar-refractivity contribution in [2.24, 2.45) is 5.73 Å².